The Morgan fingerprint density at radius 3 is 2.08 bits per heavy atom. The van der Waals surface area contributed by atoms with Crippen LogP contribution in [0, 0.1) is 5.82 Å². The highest BCUT2D eigenvalue weighted by atomic mass is 19.4. The van der Waals surface area contributed by atoms with Gasteiger partial charge in [0.15, 0.2) is 0 Å². The summed E-state index contributed by atoms with van der Waals surface area (Å²) in [5, 5.41) is 3.25. The van der Waals surface area contributed by atoms with Crippen LogP contribution in [0.25, 0.3) is 22.0 Å². The molecule has 5 rings (SSSR count). The summed E-state index contributed by atoms with van der Waals surface area (Å²) in [5.74, 6) is -1.36. The molecule has 0 fully saturated rings. The van der Waals surface area contributed by atoms with Crippen LogP contribution < -0.4 is 5.32 Å². The number of fused-ring (bicyclic) bond motifs is 1. The van der Waals surface area contributed by atoms with Gasteiger partial charge < -0.3 is 5.32 Å². The Morgan fingerprint density at radius 1 is 0.675 bits per heavy atom. The van der Waals surface area contributed by atoms with E-state index in [0.717, 1.165) is 17.7 Å². The van der Waals surface area contributed by atoms with E-state index >= 15 is 0 Å². The highest BCUT2D eigenvalue weighted by molar-refractivity contribution is 5.98. The average molecular weight is 555 g/mol. The van der Waals surface area contributed by atoms with E-state index in [2.05, 4.69) is 10.3 Å². The van der Waals surface area contributed by atoms with E-state index in [0.29, 0.717) is 40.3 Å². The number of para-hydroxylation sites is 1. The van der Waals surface area contributed by atoms with Crippen LogP contribution in [0.1, 0.15) is 27.8 Å². The van der Waals surface area contributed by atoms with Crippen LogP contribution >= 0.6 is 0 Å². The lowest BCUT2D eigenvalue weighted by atomic mass is 9.91. The Kier molecular flexibility index (Phi) is 7.23. The van der Waals surface area contributed by atoms with Crippen LogP contribution in [0.5, 0.6) is 0 Å². The minimum atomic E-state index is -4.83. The summed E-state index contributed by atoms with van der Waals surface area (Å²) in [6.45, 7) is -0.231. The Hall–Kier alpha value is -4.40. The number of alkyl halides is 6. The summed E-state index contributed by atoms with van der Waals surface area (Å²) in [5.41, 5.74) is 0.644. The van der Waals surface area contributed by atoms with Crippen molar-refractivity contribution in [2.45, 2.75) is 25.3 Å². The standard InChI is InChI=1S/C31H21F7N2/c32-28-21(10-5-13-25(28)30(33,34)35)17-39-23-11-4-9-20(16-23)27-22(15-19-7-2-1-3-8-19)18-40-29-24(27)12-6-14-26(29)31(36,37)38/h1-14,16,18,39H,15,17H2. The van der Waals surface area contributed by atoms with Crippen LogP contribution in [0.4, 0.5) is 36.4 Å². The molecule has 1 heterocycles. The van der Waals surface area contributed by atoms with Gasteiger partial charge in [-0.25, -0.2) is 4.39 Å². The molecule has 0 aliphatic heterocycles. The SMILES string of the molecule is Fc1c(CNc2cccc(-c3c(Cc4ccccc4)cnc4c(C(F)(F)F)cccc34)c2)cccc1C(F)(F)F. The molecule has 0 spiro atoms. The van der Waals surface area contributed by atoms with Crippen molar-refractivity contribution in [1.29, 1.82) is 0 Å². The average Bonchev–Trinajstić information content (AvgIpc) is 2.91. The van der Waals surface area contributed by atoms with E-state index in [1.807, 2.05) is 30.3 Å². The Morgan fingerprint density at radius 2 is 1.35 bits per heavy atom. The van der Waals surface area contributed by atoms with Crippen molar-refractivity contribution in [3.63, 3.8) is 0 Å². The fraction of sp³-hybridized carbons (Fsp3) is 0.129. The molecule has 0 atom stereocenters. The van der Waals surface area contributed by atoms with E-state index in [1.165, 1.54) is 18.3 Å². The van der Waals surface area contributed by atoms with Crippen LogP contribution in [0.15, 0.2) is 97.2 Å². The van der Waals surface area contributed by atoms with Gasteiger partial charge in [-0.3, -0.25) is 4.98 Å². The van der Waals surface area contributed by atoms with E-state index in [1.54, 1.807) is 30.3 Å². The zero-order chi connectivity index (χ0) is 28.5. The highest BCUT2D eigenvalue weighted by Gasteiger charge is 2.35. The van der Waals surface area contributed by atoms with Crippen molar-refractivity contribution in [1.82, 2.24) is 4.98 Å². The molecule has 0 radical (unpaired) electrons. The minimum absolute atomic E-state index is 0.172. The summed E-state index contributed by atoms with van der Waals surface area (Å²) in [4.78, 5) is 4.20. The maximum absolute atomic E-state index is 14.5. The van der Waals surface area contributed by atoms with Crippen LogP contribution in [0.2, 0.25) is 0 Å². The van der Waals surface area contributed by atoms with Gasteiger partial charge in [-0.1, -0.05) is 66.7 Å². The maximum atomic E-state index is 14.5. The Bertz CT molecular complexity index is 1660. The van der Waals surface area contributed by atoms with Gasteiger partial charge in [0.25, 0.3) is 0 Å². The van der Waals surface area contributed by atoms with Crippen molar-refractivity contribution >= 4 is 16.6 Å². The van der Waals surface area contributed by atoms with Crippen LogP contribution in [-0.4, -0.2) is 4.98 Å². The van der Waals surface area contributed by atoms with Crippen molar-refractivity contribution in [3.8, 4) is 11.1 Å². The van der Waals surface area contributed by atoms with E-state index in [9.17, 15) is 30.7 Å². The minimum Gasteiger partial charge on any atom is -0.381 e. The smallest absolute Gasteiger partial charge is 0.381 e. The summed E-state index contributed by atoms with van der Waals surface area (Å²) < 4.78 is 95.3. The molecule has 0 amide bonds. The number of rotatable bonds is 6. The normalized spacial score (nSPS) is 12.1. The summed E-state index contributed by atoms with van der Waals surface area (Å²) in [7, 11) is 0. The summed E-state index contributed by atoms with van der Waals surface area (Å²) >= 11 is 0. The molecule has 40 heavy (non-hydrogen) atoms. The van der Waals surface area contributed by atoms with Gasteiger partial charge in [0, 0.05) is 29.4 Å². The van der Waals surface area contributed by atoms with Crippen molar-refractivity contribution in [3.05, 3.63) is 131 Å². The predicted molar refractivity (Wildman–Crippen MR) is 140 cm³/mol. The molecule has 1 aromatic heterocycles. The number of hydrogen-bond acceptors (Lipinski definition) is 2. The molecule has 1 N–H and O–H groups in total. The lowest BCUT2D eigenvalue weighted by Crippen LogP contribution is -2.11. The first kappa shape index (κ1) is 27.2. The number of pyridine rings is 1. The number of aromatic nitrogens is 1. The monoisotopic (exact) mass is 554 g/mol. The van der Waals surface area contributed by atoms with Gasteiger partial charge >= 0.3 is 12.4 Å². The van der Waals surface area contributed by atoms with Crippen LogP contribution in [0.3, 0.4) is 0 Å². The molecule has 0 unspecified atom stereocenters. The molecule has 204 valence electrons. The van der Waals surface area contributed by atoms with Gasteiger partial charge in [0.2, 0.25) is 0 Å². The fourth-order valence-corrected chi connectivity index (χ4v) is 4.70. The molecule has 9 heteroatoms. The number of benzene rings is 4. The Labute approximate surface area is 225 Å². The molecule has 0 saturated heterocycles. The van der Waals surface area contributed by atoms with E-state index < -0.39 is 29.3 Å². The quantitative estimate of drug-likeness (QED) is 0.212. The molecule has 2 nitrogen and oxygen atoms in total. The first-order valence-electron chi connectivity index (χ1n) is 12.2. The summed E-state index contributed by atoms with van der Waals surface area (Å²) in [6.07, 6.45) is -7.59. The number of anilines is 1. The molecular weight excluding hydrogens is 533 g/mol. The van der Waals surface area contributed by atoms with Gasteiger partial charge in [-0.2, -0.15) is 26.3 Å². The first-order chi connectivity index (χ1) is 19.0. The second kappa shape index (κ2) is 10.6. The molecule has 4 aromatic carbocycles. The zero-order valence-electron chi connectivity index (χ0n) is 20.7. The fourth-order valence-electron chi connectivity index (χ4n) is 4.70. The highest BCUT2D eigenvalue weighted by Crippen LogP contribution is 2.39. The molecule has 0 aliphatic rings. The van der Waals surface area contributed by atoms with Gasteiger partial charge in [-0.05, 0) is 52.9 Å². The lowest BCUT2D eigenvalue weighted by molar-refractivity contribution is -0.140. The Balaban J connectivity index is 1.57. The van der Waals surface area contributed by atoms with Crippen molar-refractivity contribution in [2.75, 3.05) is 5.32 Å². The molecular formula is C31H21F7N2. The topological polar surface area (TPSA) is 24.9 Å². The van der Waals surface area contributed by atoms with E-state index in [-0.39, 0.29) is 17.6 Å². The van der Waals surface area contributed by atoms with Gasteiger partial charge in [-0.15, -0.1) is 0 Å². The van der Waals surface area contributed by atoms with Crippen molar-refractivity contribution in [2.24, 2.45) is 0 Å². The second-order valence-electron chi connectivity index (χ2n) is 9.23. The number of nitrogens with zero attached hydrogens (tertiary/aromatic N) is 1. The predicted octanol–water partition coefficient (Wildman–Crippen LogP) is 9.28. The molecule has 0 aliphatic carbocycles. The molecule has 0 bridgehead atoms. The largest absolute Gasteiger partial charge is 0.419 e. The molecule has 0 saturated carbocycles. The third kappa shape index (κ3) is 5.64. The first-order valence-corrected chi connectivity index (χ1v) is 12.2. The third-order valence-corrected chi connectivity index (χ3v) is 6.54. The lowest BCUT2D eigenvalue weighted by Gasteiger charge is -2.17. The third-order valence-electron chi connectivity index (χ3n) is 6.54. The van der Waals surface area contributed by atoms with E-state index in [4.69, 9.17) is 0 Å². The number of halogens is 7. The number of nitrogens with one attached hydrogen (secondary N) is 1. The summed E-state index contributed by atoms with van der Waals surface area (Å²) in [6, 6.07) is 23.1. The maximum Gasteiger partial charge on any atom is 0.419 e. The van der Waals surface area contributed by atoms with Crippen molar-refractivity contribution < 1.29 is 30.7 Å². The number of hydrogen-bond donors (Lipinski definition) is 1. The van der Waals surface area contributed by atoms with Crippen LogP contribution in [-0.2, 0) is 25.3 Å². The van der Waals surface area contributed by atoms with Gasteiger partial charge in [0.1, 0.15) is 5.82 Å². The van der Waals surface area contributed by atoms with Gasteiger partial charge in [0.05, 0.1) is 16.6 Å². The zero-order valence-corrected chi connectivity index (χ0v) is 20.7. The molecule has 5 aromatic rings. The second-order valence-corrected chi connectivity index (χ2v) is 9.23.